The fourth-order valence-corrected chi connectivity index (χ4v) is 3.10. The first-order chi connectivity index (χ1) is 14.0. The van der Waals surface area contributed by atoms with Crippen LogP contribution in [0.2, 0.25) is 0 Å². The van der Waals surface area contributed by atoms with Gasteiger partial charge in [0, 0.05) is 18.8 Å². The zero-order valence-electron chi connectivity index (χ0n) is 16.2. The molecule has 4 rings (SSSR count). The molecule has 2 aromatic heterocycles. The Bertz CT molecular complexity index is 1190. The zero-order chi connectivity index (χ0) is 20.4. The Balaban J connectivity index is 1.47. The van der Waals surface area contributed by atoms with E-state index >= 15 is 0 Å². The van der Waals surface area contributed by atoms with Crippen LogP contribution in [0.25, 0.3) is 16.7 Å². The van der Waals surface area contributed by atoms with Crippen molar-refractivity contribution in [3.63, 3.8) is 0 Å². The lowest BCUT2D eigenvalue weighted by molar-refractivity contribution is 0.0955. The smallest absolute Gasteiger partial charge is 0.253 e. The number of hydrogen-bond acceptors (Lipinski definition) is 4. The minimum Gasteiger partial charge on any atom is -0.352 e. The minimum atomic E-state index is -0.510. The first-order valence-corrected chi connectivity index (χ1v) is 9.33. The number of fused-ring (bicyclic) bond motifs is 1. The van der Waals surface area contributed by atoms with Crippen molar-refractivity contribution in [3.8, 4) is 5.69 Å². The summed E-state index contributed by atoms with van der Waals surface area (Å²) in [6.07, 6.45) is 4.31. The van der Waals surface area contributed by atoms with Gasteiger partial charge < -0.3 is 5.32 Å². The number of amides is 1. The van der Waals surface area contributed by atoms with E-state index in [1.54, 1.807) is 10.9 Å². The number of aromatic nitrogens is 4. The van der Waals surface area contributed by atoms with Crippen molar-refractivity contribution in [2.45, 2.75) is 20.3 Å². The molecule has 0 saturated heterocycles. The van der Waals surface area contributed by atoms with Gasteiger partial charge in [0.15, 0.2) is 0 Å². The van der Waals surface area contributed by atoms with Gasteiger partial charge in [0.05, 0.1) is 34.4 Å². The van der Waals surface area contributed by atoms with Crippen molar-refractivity contribution >= 4 is 16.9 Å². The van der Waals surface area contributed by atoms with Gasteiger partial charge in [-0.05, 0) is 44.0 Å². The number of aryl methyl sites for hydroxylation is 2. The van der Waals surface area contributed by atoms with Gasteiger partial charge in [-0.25, -0.2) is 19.0 Å². The number of benzene rings is 2. The second kappa shape index (κ2) is 7.79. The van der Waals surface area contributed by atoms with Crippen molar-refractivity contribution in [2.24, 2.45) is 0 Å². The number of para-hydroxylation sites is 1. The van der Waals surface area contributed by atoms with E-state index in [2.05, 4.69) is 20.4 Å². The molecule has 2 aromatic carbocycles. The molecule has 1 amide bonds. The molecule has 4 aromatic rings. The molecule has 29 heavy (non-hydrogen) atoms. The van der Waals surface area contributed by atoms with Gasteiger partial charge in [0.2, 0.25) is 0 Å². The molecular weight excluding hydrogens is 369 g/mol. The second-order valence-corrected chi connectivity index (χ2v) is 6.85. The molecule has 0 bridgehead atoms. The third-order valence-corrected chi connectivity index (χ3v) is 4.75. The van der Waals surface area contributed by atoms with Crippen LogP contribution in [0.3, 0.4) is 0 Å². The van der Waals surface area contributed by atoms with Crippen molar-refractivity contribution in [1.29, 1.82) is 0 Å². The van der Waals surface area contributed by atoms with E-state index in [0.717, 1.165) is 11.3 Å². The first kappa shape index (κ1) is 18.7. The maximum Gasteiger partial charge on any atom is 0.253 e. The van der Waals surface area contributed by atoms with Crippen molar-refractivity contribution in [1.82, 2.24) is 25.1 Å². The standard InChI is InChI=1S/C22H20FN5O/c1-14-15(2)27-21-19(10-17(23)11-20(21)26-14)22(29)24-9-8-16-12-25-28(13-16)18-6-4-3-5-7-18/h3-7,10-13H,8-9H2,1-2H3,(H,24,29). The highest BCUT2D eigenvalue weighted by atomic mass is 19.1. The molecule has 0 atom stereocenters. The molecule has 146 valence electrons. The number of carbonyl (C=O) groups excluding carboxylic acids is 1. The van der Waals surface area contributed by atoms with Crippen LogP contribution in [0.4, 0.5) is 4.39 Å². The first-order valence-electron chi connectivity index (χ1n) is 9.33. The molecule has 0 aliphatic carbocycles. The molecule has 0 aliphatic heterocycles. The fourth-order valence-electron chi connectivity index (χ4n) is 3.10. The maximum atomic E-state index is 14.0. The van der Waals surface area contributed by atoms with Crippen LogP contribution in [0.5, 0.6) is 0 Å². The van der Waals surface area contributed by atoms with Gasteiger partial charge in [-0.1, -0.05) is 18.2 Å². The predicted molar refractivity (Wildman–Crippen MR) is 109 cm³/mol. The Labute approximate surface area is 167 Å². The van der Waals surface area contributed by atoms with Crippen molar-refractivity contribution < 1.29 is 9.18 Å². The van der Waals surface area contributed by atoms with Crippen LogP contribution in [-0.4, -0.2) is 32.2 Å². The van der Waals surface area contributed by atoms with E-state index in [4.69, 9.17) is 0 Å². The maximum absolute atomic E-state index is 14.0. The van der Waals surface area contributed by atoms with E-state index in [1.165, 1.54) is 12.1 Å². The van der Waals surface area contributed by atoms with Crippen molar-refractivity contribution in [2.75, 3.05) is 6.54 Å². The van der Waals surface area contributed by atoms with Gasteiger partial charge in [-0.2, -0.15) is 5.10 Å². The second-order valence-electron chi connectivity index (χ2n) is 6.85. The summed E-state index contributed by atoms with van der Waals surface area (Å²) in [5, 5.41) is 7.19. The summed E-state index contributed by atoms with van der Waals surface area (Å²) in [6, 6.07) is 12.3. The zero-order valence-corrected chi connectivity index (χ0v) is 16.2. The summed E-state index contributed by atoms with van der Waals surface area (Å²) in [5.41, 5.74) is 4.36. The molecule has 6 nitrogen and oxygen atoms in total. The number of rotatable bonds is 5. The van der Waals surface area contributed by atoms with Gasteiger partial charge in [-0.3, -0.25) is 4.79 Å². The van der Waals surface area contributed by atoms with E-state index < -0.39 is 5.82 Å². The molecule has 0 saturated carbocycles. The fraction of sp³-hybridized carbons (Fsp3) is 0.182. The van der Waals surface area contributed by atoms with Crippen LogP contribution in [0.1, 0.15) is 27.3 Å². The van der Waals surface area contributed by atoms with Crippen LogP contribution in [-0.2, 0) is 6.42 Å². The molecule has 0 radical (unpaired) electrons. The van der Waals surface area contributed by atoms with Gasteiger partial charge in [-0.15, -0.1) is 0 Å². The van der Waals surface area contributed by atoms with Crippen LogP contribution < -0.4 is 5.32 Å². The number of nitrogens with zero attached hydrogens (tertiary/aromatic N) is 4. The Morgan fingerprint density at radius 1 is 1.10 bits per heavy atom. The number of hydrogen-bond donors (Lipinski definition) is 1. The number of halogens is 1. The largest absolute Gasteiger partial charge is 0.352 e. The van der Waals surface area contributed by atoms with Crippen LogP contribution >= 0.6 is 0 Å². The van der Waals surface area contributed by atoms with E-state index in [0.29, 0.717) is 35.4 Å². The molecule has 2 heterocycles. The number of carbonyl (C=O) groups is 1. The third-order valence-electron chi connectivity index (χ3n) is 4.75. The topological polar surface area (TPSA) is 72.7 Å². The Kier molecular flexibility index (Phi) is 5.03. The van der Waals surface area contributed by atoms with Crippen LogP contribution in [0.15, 0.2) is 54.9 Å². The average Bonchev–Trinajstić information content (AvgIpc) is 3.18. The van der Waals surface area contributed by atoms with Crippen molar-refractivity contribution in [3.05, 3.63) is 83.2 Å². The Morgan fingerprint density at radius 2 is 1.86 bits per heavy atom. The highest BCUT2D eigenvalue weighted by Crippen LogP contribution is 2.19. The van der Waals surface area contributed by atoms with E-state index in [-0.39, 0.29) is 11.5 Å². The quantitative estimate of drug-likeness (QED) is 0.567. The van der Waals surface area contributed by atoms with Gasteiger partial charge in [0.1, 0.15) is 11.3 Å². The summed E-state index contributed by atoms with van der Waals surface area (Å²) >= 11 is 0. The highest BCUT2D eigenvalue weighted by Gasteiger charge is 2.15. The lowest BCUT2D eigenvalue weighted by Gasteiger charge is -2.09. The van der Waals surface area contributed by atoms with Gasteiger partial charge in [0.25, 0.3) is 5.91 Å². The molecule has 0 spiro atoms. The Hall–Kier alpha value is -3.61. The normalized spacial score (nSPS) is 11.0. The lowest BCUT2D eigenvalue weighted by Crippen LogP contribution is -2.26. The Morgan fingerprint density at radius 3 is 2.66 bits per heavy atom. The summed E-state index contributed by atoms with van der Waals surface area (Å²) in [7, 11) is 0. The molecule has 0 unspecified atom stereocenters. The van der Waals surface area contributed by atoms with E-state index in [9.17, 15) is 9.18 Å². The highest BCUT2D eigenvalue weighted by molar-refractivity contribution is 6.04. The van der Waals surface area contributed by atoms with Crippen LogP contribution in [0, 0.1) is 19.7 Å². The SMILES string of the molecule is Cc1nc2cc(F)cc(C(=O)NCCc3cnn(-c4ccccc4)c3)c2nc1C. The third kappa shape index (κ3) is 3.99. The molecule has 7 heteroatoms. The van der Waals surface area contributed by atoms with E-state index in [1.807, 2.05) is 50.4 Å². The lowest BCUT2D eigenvalue weighted by atomic mass is 10.1. The molecule has 0 fully saturated rings. The monoisotopic (exact) mass is 389 g/mol. The summed E-state index contributed by atoms with van der Waals surface area (Å²) in [5.74, 6) is -0.883. The minimum absolute atomic E-state index is 0.190. The predicted octanol–water partition coefficient (Wildman–Crippen LogP) is 3.54. The average molecular weight is 389 g/mol. The molecular formula is C22H20FN5O. The van der Waals surface area contributed by atoms with Gasteiger partial charge >= 0.3 is 0 Å². The summed E-state index contributed by atoms with van der Waals surface area (Å²) in [6.45, 7) is 4.02. The summed E-state index contributed by atoms with van der Waals surface area (Å²) < 4.78 is 15.8. The summed E-state index contributed by atoms with van der Waals surface area (Å²) in [4.78, 5) is 21.4. The molecule has 0 aliphatic rings. The number of nitrogens with one attached hydrogen (secondary N) is 1. The molecule has 1 N–H and O–H groups in total.